The highest BCUT2D eigenvalue weighted by atomic mass is 19.4. The summed E-state index contributed by atoms with van der Waals surface area (Å²) < 4.78 is 43.5. The van der Waals surface area contributed by atoms with Crippen LogP contribution in [0.1, 0.15) is 10.4 Å². The number of aromatic nitrogens is 1. The minimum Gasteiger partial charge on any atom is -0.482 e. The minimum atomic E-state index is -5.00. The molecule has 0 aliphatic heterocycles. The van der Waals surface area contributed by atoms with Crippen LogP contribution in [0.3, 0.4) is 0 Å². The molecule has 0 saturated heterocycles. The number of pyridine rings is 1. The average molecular weight is 253 g/mol. The second-order valence-corrected chi connectivity index (χ2v) is 2.76. The van der Waals surface area contributed by atoms with E-state index in [0.29, 0.717) is 6.07 Å². The van der Waals surface area contributed by atoms with Gasteiger partial charge in [0.2, 0.25) is 17.2 Å². The number of ether oxygens (including phenoxy) is 2. The van der Waals surface area contributed by atoms with Crippen LogP contribution in [-0.4, -0.2) is 29.5 Å². The third-order valence-electron chi connectivity index (χ3n) is 1.62. The summed E-state index contributed by atoms with van der Waals surface area (Å²) in [6.45, 7) is 0. The van der Waals surface area contributed by atoms with Gasteiger partial charge in [-0.3, -0.25) is 9.78 Å². The molecule has 0 atom stereocenters. The number of carboxylic acids is 1. The maximum absolute atomic E-state index is 11.9. The molecule has 2 N–H and O–H groups in total. The molecule has 0 fully saturated rings. The molecular formula is C8H6F3NO5. The molecule has 0 unspecified atom stereocenters. The Labute approximate surface area is 91.6 Å². The number of hydrogen-bond acceptors (Lipinski definition) is 4. The van der Waals surface area contributed by atoms with E-state index in [9.17, 15) is 22.8 Å². The summed E-state index contributed by atoms with van der Waals surface area (Å²) >= 11 is 0. The molecule has 1 rings (SSSR count). The highest BCUT2D eigenvalue weighted by Crippen LogP contribution is 2.22. The van der Waals surface area contributed by atoms with Crippen molar-refractivity contribution in [2.75, 3.05) is 7.11 Å². The lowest BCUT2D eigenvalue weighted by Gasteiger charge is -2.10. The van der Waals surface area contributed by atoms with Crippen LogP contribution in [0.15, 0.2) is 10.9 Å². The van der Waals surface area contributed by atoms with Gasteiger partial charge >= 0.3 is 12.3 Å². The van der Waals surface area contributed by atoms with Crippen molar-refractivity contribution in [1.82, 2.24) is 4.98 Å². The second kappa shape index (κ2) is 4.36. The molecule has 0 amide bonds. The summed E-state index contributed by atoms with van der Waals surface area (Å²) in [7, 11) is 0.995. The highest BCUT2D eigenvalue weighted by molar-refractivity contribution is 5.90. The monoisotopic (exact) mass is 253 g/mol. The maximum Gasteiger partial charge on any atom is 0.574 e. The van der Waals surface area contributed by atoms with E-state index in [2.05, 4.69) is 9.47 Å². The van der Waals surface area contributed by atoms with Crippen molar-refractivity contribution in [3.8, 4) is 11.8 Å². The van der Waals surface area contributed by atoms with Gasteiger partial charge in [0.1, 0.15) is 0 Å². The van der Waals surface area contributed by atoms with Crippen LogP contribution in [0.25, 0.3) is 0 Å². The Hall–Kier alpha value is -2.19. The largest absolute Gasteiger partial charge is 0.574 e. The lowest BCUT2D eigenvalue weighted by Crippen LogP contribution is -2.22. The van der Waals surface area contributed by atoms with E-state index in [1.165, 1.54) is 0 Å². The first-order valence-electron chi connectivity index (χ1n) is 4.05. The number of H-pyrrole nitrogens is 1. The molecule has 0 radical (unpaired) electrons. The van der Waals surface area contributed by atoms with Crippen LogP contribution in [-0.2, 0) is 0 Å². The lowest BCUT2D eigenvalue weighted by molar-refractivity contribution is -0.276. The molecule has 0 saturated carbocycles. The van der Waals surface area contributed by atoms with Gasteiger partial charge in [-0.15, -0.1) is 13.2 Å². The van der Waals surface area contributed by atoms with Crippen molar-refractivity contribution >= 4 is 5.97 Å². The zero-order valence-corrected chi connectivity index (χ0v) is 8.29. The Morgan fingerprint density at radius 3 is 2.47 bits per heavy atom. The molecule has 94 valence electrons. The number of alkyl halides is 3. The van der Waals surface area contributed by atoms with E-state index in [1.54, 1.807) is 0 Å². The molecule has 0 aliphatic carbocycles. The fraction of sp³-hybridized carbons (Fsp3) is 0.250. The van der Waals surface area contributed by atoms with E-state index < -0.39 is 35.1 Å². The van der Waals surface area contributed by atoms with Gasteiger partial charge in [0.25, 0.3) is 0 Å². The van der Waals surface area contributed by atoms with Crippen LogP contribution >= 0.6 is 0 Å². The van der Waals surface area contributed by atoms with E-state index in [0.717, 1.165) is 7.11 Å². The van der Waals surface area contributed by atoms with E-state index in [4.69, 9.17) is 5.11 Å². The molecule has 0 bridgehead atoms. The molecule has 1 aromatic heterocycles. The van der Waals surface area contributed by atoms with Crippen molar-refractivity contribution < 1.29 is 32.5 Å². The third kappa shape index (κ3) is 3.13. The number of nitrogens with one attached hydrogen (secondary N) is 1. The number of methoxy groups -OCH3 is 1. The number of halogens is 3. The van der Waals surface area contributed by atoms with Gasteiger partial charge in [-0.05, 0) is 0 Å². The number of aromatic amines is 1. The van der Waals surface area contributed by atoms with Crippen molar-refractivity contribution in [1.29, 1.82) is 0 Å². The topological polar surface area (TPSA) is 88.6 Å². The summed E-state index contributed by atoms with van der Waals surface area (Å²) in [5, 5.41) is 8.64. The number of hydrogen-bond donors (Lipinski definition) is 2. The van der Waals surface area contributed by atoms with E-state index in [-0.39, 0.29) is 0 Å². The summed E-state index contributed by atoms with van der Waals surface area (Å²) in [5.41, 5.74) is -1.96. The smallest absolute Gasteiger partial charge is 0.482 e. The fourth-order valence-electron chi connectivity index (χ4n) is 1.05. The highest BCUT2D eigenvalue weighted by Gasteiger charge is 2.32. The molecule has 0 spiro atoms. The first kappa shape index (κ1) is 12.9. The lowest BCUT2D eigenvalue weighted by atomic mass is 10.2. The Kier molecular flexibility index (Phi) is 3.30. The summed E-state index contributed by atoms with van der Waals surface area (Å²) in [6, 6.07) is 0.374. The molecule has 17 heavy (non-hydrogen) atoms. The van der Waals surface area contributed by atoms with Gasteiger partial charge in [-0.25, -0.2) is 4.79 Å². The minimum absolute atomic E-state index is 0.374. The van der Waals surface area contributed by atoms with Crippen molar-refractivity contribution in [3.63, 3.8) is 0 Å². The second-order valence-electron chi connectivity index (χ2n) is 2.76. The average Bonchev–Trinajstić information content (AvgIpc) is 2.12. The number of aromatic carboxylic acids is 1. The van der Waals surface area contributed by atoms with Gasteiger partial charge in [0.05, 0.1) is 7.11 Å². The summed E-state index contributed by atoms with van der Waals surface area (Å²) in [5.74, 6) is -3.20. The molecule has 0 aliphatic rings. The van der Waals surface area contributed by atoms with Gasteiger partial charge < -0.3 is 14.6 Å². The predicted octanol–water partition coefficient (Wildman–Crippen LogP) is 0.980. The van der Waals surface area contributed by atoms with Crippen LogP contribution in [0.2, 0.25) is 0 Å². The Morgan fingerprint density at radius 1 is 1.47 bits per heavy atom. The number of rotatable bonds is 3. The fourth-order valence-corrected chi connectivity index (χ4v) is 1.05. The molecule has 0 aromatic carbocycles. The quantitative estimate of drug-likeness (QED) is 0.838. The van der Waals surface area contributed by atoms with Crippen LogP contribution < -0.4 is 14.9 Å². The Balaban J connectivity index is 3.28. The van der Waals surface area contributed by atoms with Crippen molar-refractivity contribution in [2.45, 2.75) is 6.36 Å². The first-order valence-corrected chi connectivity index (χ1v) is 4.05. The van der Waals surface area contributed by atoms with Gasteiger partial charge in [0.15, 0.2) is 5.56 Å². The van der Waals surface area contributed by atoms with Crippen molar-refractivity contribution in [3.05, 3.63) is 21.9 Å². The Bertz CT molecular complexity index is 493. The van der Waals surface area contributed by atoms with Gasteiger partial charge in [-0.1, -0.05) is 0 Å². The third-order valence-corrected chi connectivity index (χ3v) is 1.62. The molecule has 1 aromatic rings. The van der Waals surface area contributed by atoms with Crippen LogP contribution in [0.5, 0.6) is 11.8 Å². The van der Waals surface area contributed by atoms with Crippen LogP contribution in [0.4, 0.5) is 13.2 Å². The van der Waals surface area contributed by atoms with Gasteiger partial charge in [-0.2, -0.15) is 0 Å². The molecule has 6 nitrogen and oxygen atoms in total. The zero-order valence-electron chi connectivity index (χ0n) is 8.29. The maximum atomic E-state index is 11.9. The van der Waals surface area contributed by atoms with Crippen LogP contribution in [0, 0.1) is 0 Å². The Morgan fingerprint density at radius 2 is 2.06 bits per heavy atom. The first-order chi connectivity index (χ1) is 7.74. The number of carbonyl (C=O) groups is 1. The molecular weight excluding hydrogens is 247 g/mol. The normalized spacial score (nSPS) is 11.1. The number of carboxylic acid groups (broad SMARTS) is 1. The van der Waals surface area contributed by atoms with E-state index >= 15 is 0 Å². The molecule has 1 heterocycles. The summed E-state index contributed by atoms with van der Waals surface area (Å²) in [6.07, 6.45) is -5.00. The SMILES string of the molecule is COc1[nH]c(OC(F)(F)F)cc(=O)c1C(=O)O. The molecule has 9 heteroatoms. The van der Waals surface area contributed by atoms with E-state index in [1.807, 2.05) is 4.98 Å². The van der Waals surface area contributed by atoms with Crippen molar-refractivity contribution in [2.24, 2.45) is 0 Å². The van der Waals surface area contributed by atoms with Gasteiger partial charge in [0, 0.05) is 6.07 Å². The summed E-state index contributed by atoms with van der Waals surface area (Å²) in [4.78, 5) is 23.7. The predicted molar refractivity (Wildman–Crippen MR) is 47.3 cm³/mol. The standard InChI is InChI=1S/C8H6F3NO5/c1-16-6-5(7(14)15)3(13)2-4(12-6)17-8(9,10)11/h2H,1H3,(H,12,13)(H,14,15). The zero-order chi connectivity index (χ0) is 13.2.